The molecule has 0 aliphatic heterocycles. The van der Waals surface area contributed by atoms with Gasteiger partial charge in [-0.25, -0.2) is 8.42 Å². The molecule has 0 bridgehead atoms. The molecule has 3 aromatic rings. The summed E-state index contributed by atoms with van der Waals surface area (Å²) in [5.74, 6) is -0.779. The molecule has 2 amide bonds. The summed E-state index contributed by atoms with van der Waals surface area (Å²) in [6.45, 7) is 7.09. The molecule has 0 unspecified atom stereocenters. The Morgan fingerprint density at radius 1 is 0.811 bits per heavy atom. The van der Waals surface area contributed by atoms with E-state index < -0.39 is 28.5 Å². The number of sulfonamides is 1. The zero-order valence-corrected chi connectivity index (χ0v) is 22.6. The summed E-state index contributed by atoms with van der Waals surface area (Å²) in [6.07, 6.45) is 0.804. The van der Waals surface area contributed by atoms with E-state index in [1.165, 1.54) is 17.0 Å². The van der Waals surface area contributed by atoms with Gasteiger partial charge in [0.05, 0.1) is 10.6 Å². The standard InChI is InChI=1S/C29H35N3O4S/c1-5-24-16-18-26(19-17-24)32(37(35,36)27-14-10-7-11-15-27)21-28(33)31(20-25-12-8-6-9-13-25)23(4)29(34)30-22(2)3/h6-19,22-23H,5,20-21H2,1-4H3,(H,30,34)/t23-/m1/s1. The molecule has 0 radical (unpaired) electrons. The maximum Gasteiger partial charge on any atom is 0.264 e. The summed E-state index contributed by atoms with van der Waals surface area (Å²) >= 11 is 0. The molecule has 8 heteroatoms. The Bertz CT molecular complexity index is 1280. The summed E-state index contributed by atoms with van der Waals surface area (Å²) < 4.78 is 28.6. The number of rotatable bonds is 11. The van der Waals surface area contributed by atoms with E-state index in [1.54, 1.807) is 37.3 Å². The molecule has 0 saturated heterocycles. The zero-order valence-electron chi connectivity index (χ0n) is 21.8. The van der Waals surface area contributed by atoms with E-state index in [9.17, 15) is 18.0 Å². The van der Waals surface area contributed by atoms with Gasteiger partial charge in [0.15, 0.2) is 0 Å². The predicted octanol–water partition coefficient (Wildman–Crippen LogP) is 4.39. The number of nitrogens with one attached hydrogen (secondary N) is 1. The van der Waals surface area contributed by atoms with Gasteiger partial charge in [-0.3, -0.25) is 13.9 Å². The Labute approximate surface area is 220 Å². The number of carbonyl (C=O) groups excluding carboxylic acids is 2. The van der Waals surface area contributed by atoms with Crippen LogP contribution in [0.5, 0.6) is 0 Å². The van der Waals surface area contributed by atoms with Gasteiger partial charge >= 0.3 is 0 Å². The predicted molar refractivity (Wildman–Crippen MR) is 147 cm³/mol. The number of benzene rings is 3. The fraction of sp³-hybridized carbons (Fsp3) is 0.310. The van der Waals surface area contributed by atoms with E-state index in [-0.39, 0.29) is 23.4 Å². The summed E-state index contributed by atoms with van der Waals surface area (Å²) in [5.41, 5.74) is 2.27. The van der Waals surface area contributed by atoms with Crippen LogP contribution in [0.3, 0.4) is 0 Å². The highest BCUT2D eigenvalue weighted by Gasteiger charge is 2.32. The lowest BCUT2D eigenvalue weighted by Crippen LogP contribution is -2.52. The van der Waals surface area contributed by atoms with E-state index in [1.807, 2.05) is 63.2 Å². The Morgan fingerprint density at radius 2 is 1.38 bits per heavy atom. The van der Waals surface area contributed by atoms with Crippen molar-refractivity contribution >= 4 is 27.5 Å². The number of carbonyl (C=O) groups is 2. The Balaban J connectivity index is 2.01. The van der Waals surface area contributed by atoms with Gasteiger partial charge < -0.3 is 10.2 Å². The molecule has 0 fully saturated rings. The first-order valence-electron chi connectivity index (χ1n) is 12.4. The molecule has 0 aliphatic rings. The molecule has 1 N–H and O–H groups in total. The summed E-state index contributed by atoms with van der Waals surface area (Å²) in [6, 6.07) is 23.6. The number of hydrogen-bond donors (Lipinski definition) is 1. The molecule has 3 rings (SSSR count). The molecule has 0 spiro atoms. The maximum atomic E-state index is 13.8. The lowest BCUT2D eigenvalue weighted by atomic mass is 10.1. The first-order valence-corrected chi connectivity index (χ1v) is 13.9. The second-order valence-electron chi connectivity index (χ2n) is 9.19. The van der Waals surface area contributed by atoms with Crippen LogP contribution in [0.1, 0.15) is 38.8 Å². The van der Waals surface area contributed by atoms with Gasteiger partial charge in [-0.1, -0.05) is 67.6 Å². The highest BCUT2D eigenvalue weighted by molar-refractivity contribution is 7.92. The van der Waals surface area contributed by atoms with Crippen LogP contribution in [0.25, 0.3) is 0 Å². The number of nitrogens with zero attached hydrogens (tertiary/aromatic N) is 2. The fourth-order valence-electron chi connectivity index (χ4n) is 3.91. The van der Waals surface area contributed by atoms with Crippen molar-refractivity contribution in [3.05, 3.63) is 96.1 Å². The topological polar surface area (TPSA) is 86.8 Å². The molecule has 0 aromatic heterocycles. The molecule has 0 heterocycles. The van der Waals surface area contributed by atoms with Crippen LogP contribution in [-0.4, -0.2) is 43.8 Å². The largest absolute Gasteiger partial charge is 0.352 e. The van der Waals surface area contributed by atoms with Crippen molar-refractivity contribution in [1.82, 2.24) is 10.2 Å². The molecule has 7 nitrogen and oxygen atoms in total. The first kappa shape index (κ1) is 27.9. The first-order chi connectivity index (χ1) is 17.6. The van der Waals surface area contributed by atoms with Crippen LogP contribution < -0.4 is 9.62 Å². The number of anilines is 1. The highest BCUT2D eigenvalue weighted by atomic mass is 32.2. The minimum Gasteiger partial charge on any atom is -0.352 e. The van der Waals surface area contributed by atoms with Gasteiger partial charge in [-0.15, -0.1) is 0 Å². The third kappa shape index (κ3) is 7.20. The molecule has 37 heavy (non-hydrogen) atoms. The second-order valence-corrected chi connectivity index (χ2v) is 11.1. The van der Waals surface area contributed by atoms with Crippen molar-refractivity contribution in [2.24, 2.45) is 0 Å². The van der Waals surface area contributed by atoms with Crippen molar-refractivity contribution in [3.63, 3.8) is 0 Å². The van der Waals surface area contributed by atoms with Gasteiger partial charge in [0.2, 0.25) is 11.8 Å². The quantitative estimate of drug-likeness (QED) is 0.406. The average molecular weight is 522 g/mol. The number of aryl methyl sites for hydroxylation is 1. The molecule has 196 valence electrons. The van der Waals surface area contributed by atoms with Gasteiger partial charge in [-0.2, -0.15) is 0 Å². The monoisotopic (exact) mass is 521 g/mol. The van der Waals surface area contributed by atoms with Crippen LogP contribution in [-0.2, 0) is 32.6 Å². The maximum absolute atomic E-state index is 13.8. The van der Waals surface area contributed by atoms with Crippen molar-refractivity contribution in [1.29, 1.82) is 0 Å². The number of hydrogen-bond acceptors (Lipinski definition) is 4. The molecule has 3 aromatic carbocycles. The highest BCUT2D eigenvalue weighted by Crippen LogP contribution is 2.25. The van der Waals surface area contributed by atoms with E-state index >= 15 is 0 Å². The summed E-state index contributed by atoms with van der Waals surface area (Å²) in [4.78, 5) is 28.2. The van der Waals surface area contributed by atoms with Gasteiger partial charge in [0.1, 0.15) is 12.6 Å². The summed E-state index contributed by atoms with van der Waals surface area (Å²) in [5, 5.41) is 2.85. The molecular weight excluding hydrogens is 486 g/mol. The normalized spacial score (nSPS) is 12.1. The molecular formula is C29H35N3O4S. The molecule has 0 saturated carbocycles. The van der Waals surface area contributed by atoms with Crippen LogP contribution in [0, 0.1) is 0 Å². The summed E-state index contributed by atoms with van der Waals surface area (Å²) in [7, 11) is -4.05. The Hall–Kier alpha value is -3.65. The third-order valence-corrected chi connectivity index (χ3v) is 7.82. The Morgan fingerprint density at radius 3 is 1.92 bits per heavy atom. The van der Waals surface area contributed by atoms with Crippen LogP contribution in [0.4, 0.5) is 5.69 Å². The SMILES string of the molecule is CCc1ccc(N(CC(=O)N(Cc2ccccc2)[C@H](C)C(=O)NC(C)C)S(=O)(=O)c2ccccc2)cc1. The average Bonchev–Trinajstić information content (AvgIpc) is 2.90. The van der Waals surface area contributed by atoms with Gasteiger partial charge in [0.25, 0.3) is 10.0 Å². The van der Waals surface area contributed by atoms with Crippen molar-refractivity contribution in [3.8, 4) is 0 Å². The fourth-order valence-corrected chi connectivity index (χ4v) is 5.35. The van der Waals surface area contributed by atoms with Gasteiger partial charge in [-0.05, 0) is 62.6 Å². The van der Waals surface area contributed by atoms with E-state index in [4.69, 9.17) is 0 Å². The van der Waals surface area contributed by atoms with E-state index in [0.717, 1.165) is 21.9 Å². The third-order valence-electron chi connectivity index (χ3n) is 6.04. The lowest BCUT2D eigenvalue weighted by Gasteiger charge is -2.32. The van der Waals surface area contributed by atoms with Crippen molar-refractivity contribution < 1.29 is 18.0 Å². The zero-order chi connectivity index (χ0) is 27.0. The van der Waals surface area contributed by atoms with Crippen LogP contribution in [0.15, 0.2) is 89.8 Å². The van der Waals surface area contributed by atoms with Gasteiger partial charge in [0, 0.05) is 12.6 Å². The Kier molecular flexibility index (Phi) is 9.47. The van der Waals surface area contributed by atoms with E-state index in [2.05, 4.69) is 5.32 Å². The second kappa shape index (κ2) is 12.5. The minimum absolute atomic E-state index is 0.0857. The minimum atomic E-state index is -4.05. The smallest absolute Gasteiger partial charge is 0.264 e. The molecule has 1 atom stereocenters. The van der Waals surface area contributed by atoms with Crippen LogP contribution in [0.2, 0.25) is 0 Å². The lowest BCUT2D eigenvalue weighted by molar-refractivity contribution is -0.139. The van der Waals surface area contributed by atoms with E-state index in [0.29, 0.717) is 5.69 Å². The van der Waals surface area contributed by atoms with Crippen molar-refractivity contribution in [2.75, 3.05) is 10.8 Å². The van der Waals surface area contributed by atoms with Crippen molar-refractivity contribution in [2.45, 2.75) is 57.6 Å². The number of amides is 2. The van der Waals surface area contributed by atoms with Crippen LogP contribution >= 0.6 is 0 Å². The molecule has 0 aliphatic carbocycles.